The number of nitrogens with one attached hydrogen (secondary N) is 9. The van der Waals surface area contributed by atoms with Crippen molar-refractivity contribution in [1.29, 1.82) is 0 Å². The van der Waals surface area contributed by atoms with E-state index in [1.165, 1.54) is 36.1 Å². The third-order valence-corrected chi connectivity index (χ3v) is 17.2. The summed E-state index contributed by atoms with van der Waals surface area (Å²) in [5.41, 5.74) is 20.5. The zero-order valence-electron chi connectivity index (χ0n) is 56.3. The largest absolute Gasteiger partial charge is 0.508 e. The lowest BCUT2D eigenvalue weighted by atomic mass is 9.98. The summed E-state index contributed by atoms with van der Waals surface area (Å²) in [6.45, 7) is 12.2. The van der Waals surface area contributed by atoms with Crippen molar-refractivity contribution >= 4 is 81.9 Å². The van der Waals surface area contributed by atoms with Crippen LogP contribution in [0.25, 0.3) is 0 Å². The number of primary amides is 1. The van der Waals surface area contributed by atoms with Crippen LogP contribution >= 0.6 is 11.8 Å². The van der Waals surface area contributed by atoms with Gasteiger partial charge in [0, 0.05) is 45.0 Å². The van der Waals surface area contributed by atoms with Crippen LogP contribution in [0.15, 0.2) is 115 Å². The van der Waals surface area contributed by atoms with E-state index in [4.69, 9.17) is 17.2 Å². The Kier molecular flexibility index (Phi) is 32.2. The number of rotatable bonds is 38. The van der Waals surface area contributed by atoms with Gasteiger partial charge in [0.05, 0.1) is 18.5 Å². The minimum Gasteiger partial charge on any atom is -0.508 e. The summed E-state index contributed by atoms with van der Waals surface area (Å²) in [4.78, 5) is 169. The monoisotopic (exact) mass is 1360 g/mol. The highest BCUT2D eigenvalue weighted by atomic mass is 32.2. The molecule has 0 spiro atoms. The van der Waals surface area contributed by atoms with Crippen molar-refractivity contribution in [3.8, 4) is 5.75 Å². The van der Waals surface area contributed by atoms with E-state index in [1.54, 1.807) is 88.4 Å². The first-order chi connectivity index (χ1) is 46.1. The van der Waals surface area contributed by atoms with Gasteiger partial charge in [0.1, 0.15) is 54.1 Å². The Morgan fingerprint density at radius 3 is 1.43 bits per heavy atom. The van der Waals surface area contributed by atoms with Crippen LogP contribution in [0.3, 0.4) is 0 Å². The summed E-state index contributed by atoms with van der Waals surface area (Å²) in [6, 6.07) is 19.5. The molecule has 1 heterocycles. The molecule has 11 amide bonds. The van der Waals surface area contributed by atoms with Gasteiger partial charge in [-0.15, -0.1) is 0 Å². The molecule has 1 aliphatic rings. The molecular formula is C70H97N13O13S. The third kappa shape index (κ3) is 26.4. The van der Waals surface area contributed by atoms with Gasteiger partial charge in [0.25, 0.3) is 0 Å². The van der Waals surface area contributed by atoms with Crippen LogP contribution in [-0.2, 0) is 83.2 Å². The Bertz CT molecular complexity index is 3290. The lowest BCUT2D eigenvalue weighted by molar-refractivity contribution is -0.140. The Balaban J connectivity index is 1.37. The number of nitrogens with two attached hydrogens (primary N) is 3. The van der Waals surface area contributed by atoms with E-state index >= 15 is 0 Å². The van der Waals surface area contributed by atoms with Crippen LogP contribution < -0.4 is 65.1 Å². The van der Waals surface area contributed by atoms with Gasteiger partial charge in [0.15, 0.2) is 0 Å². The van der Waals surface area contributed by atoms with E-state index in [9.17, 15) is 62.6 Å². The molecule has 0 aliphatic carbocycles. The molecule has 0 aromatic heterocycles. The van der Waals surface area contributed by atoms with Crippen molar-refractivity contribution in [3.63, 3.8) is 0 Å². The highest BCUT2D eigenvalue weighted by Gasteiger charge is 2.40. The Morgan fingerprint density at radius 1 is 0.536 bits per heavy atom. The minimum atomic E-state index is -1.76. The Labute approximate surface area is 571 Å². The molecule has 4 aromatic carbocycles. The molecule has 1 aliphatic heterocycles. The number of thioether (sulfide) groups is 1. The maximum absolute atomic E-state index is 14.7. The lowest BCUT2D eigenvalue weighted by Crippen LogP contribution is -2.62. The second kappa shape index (κ2) is 39.7. The van der Waals surface area contributed by atoms with Crippen LogP contribution in [0.2, 0.25) is 0 Å². The molecule has 0 saturated carbocycles. The molecule has 16 N–H and O–H groups in total. The summed E-state index contributed by atoms with van der Waals surface area (Å²) in [5.74, 6) is -9.56. The number of carbonyl (C=O) groups is 12. The molecule has 27 heteroatoms. The molecule has 5 rings (SSSR count). The van der Waals surface area contributed by atoms with Gasteiger partial charge in [-0.05, 0) is 97.2 Å². The molecule has 0 bridgehead atoms. The number of amides is 11. The van der Waals surface area contributed by atoms with Gasteiger partial charge >= 0.3 is 0 Å². The number of hydrogen-bond donors (Lipinski definition) is 13. The summed E-state index contributed by atoms with van der Waals surface area (Å²) < 4.78 is 0. The predicted octanol–water partition coefficient (Wildman–Crippen LogP) is 1.23. The number of nitrogens with zero attached hydrogens (tertiary/aromatic N) is 1. The van der Waals surface area contributed by atoms with E-state index < -0.39 is 138 Å². The first kappa shape index (κ1) is 78.5. The third-order valence-electron chi connectivity index (χ3n) is 16.2. The molecule has 10 atom stereocenters. The van der Waals surface area contributed by atoms with Gasteiger partial charge in [-0.25, -0.2) is 0 Å². The van der Waals surface area contributed by atoms with Gasteiger partial charge in [-0.3, -0.25) is 57.5 Å². The summed E-state index contributed by atoms with van der Waals surface area (Å²) in [6.07, 6.45) is 0.456. The number of benzene rings is 4. The fraction of sp³-hybridized carbons (Fsp3) is 0.486. The summed E-state index contributed by atoms with van der Waals surface area (Å²) in [5, 5.41) is 34.2. The summed E-state index contributed by atoms with van der Waals surface area (Å²) >= 11 is 0.949. The second-order valence-electron chi connectivity index (χ2n) is 25.4. The summed E-state index contributed by atoms with van der Waals surface area (Å²) in [7, 11) is 0. The molecule has 97 heavy (non-hydrogen) atoms. The van der Waals surface area contributed by atoms with E-state index in [-0.39, 0.29) is 86.6 Å². The molecule has 4 aromatic rings. The molecule has 26 nitrogen and oxygen atoms in total. The average Bonchev–Trinajstić information content (AvgIpc) is 1.65. The molecule has 526 valence electrons. The average molecular weight is 1360 g/mol. The van der Waals surface area contributed by atoms with Gasteiger partial charge in [0.2, 0.25) is 70.1 Å². The number of aromatic hydroxyl groups is 1. The Morgan fingerprint density at radius 2 is 0.959 bits per heavy atom. The quantitative estimate of drug-likeness (QED) is 0.0281. The van der Waals surface area contributed by atoms with E-state index in [2.05, 4.69) is 47.9 Å². The number of carbonyl (C=O) groups excluding carboxylic acids is 12. The van der Waals surface area contributed by atoms with Gasteiger partial charge < -0.3 is 75.1 Å². The molecule has 1 saturated heterocycles. The lowest BCUT2D eigenvalue weighted by Gasteiger charge is -2.30. The van der Waals surface area contributed by atoms with Crippen molar-refractivity contribution in [3.05, 3.63) is 138 Å². The Hall–Kier alpha value is -9.21. The first-order valence-corrected chi connectivity index (χ1v) is 33.9. The molecular weight excluding hydrogens is 1260 g/mol. The number of likely N-dealkylation sites (tertiary alicyclic amines) is 1. The smallest absolute Gasteiger partial charge is 0.243 e. The topological polar surface area (TPSA) is 415 Å². The maximum Gasteiger partial charge on any atom is 0.243 e. The number of hydrogen-bond acceptors (Lipinski definition) is 16. The van der Waals surface area contributed by atoms with E-state index in [0.717, 1.165) is 17.3 Å². The van der Waals surface area contributed by atoms with E-state index in [0.29, 0.717) is 36.0 Å². The number of phenolic OH excluding ortho intramolecular Hbond substituents is 1. The number of phenols is 1. The van der Waals surface area contributed by atoms with Gasteiger partial charge in [-0.2, -0.15) is 0 Å². The molecule has 0 radical (unpaired) electrons. The molecule has 0 unspecified atom stereocenters. The van der Waals surface area contributed by atoms with E-state index in [1.807, 2.05) is 44.2 Å². The maximum atomic E-state index is 14.7. The van der Waals surface area contributed by atoms with Crippen LogP contribution in [0, 0.1) is 17.8 Å². The van der Waals surface area contributed by atoms with Crippen LogP contribution in [0.5, 0.6) is 5.75 Å². The fourth-order valence-electron chi connectivity index (χ4n) is 11.0. The molecule has 1 fully saturated rings. The highest BCUT2D eigenvalue weighted by Crippen LogP contribution is 2.22. The first-order valence-electron chi connectivity index (χ1n) is 32.9. The van der Waals surface area contributed by atoms with Crippen LogP contribution in [0.1, 0.15) is 109 Å². The van der Waals surface area contributed by atoms with Crippen LogP contribution in [0.4, 0.5) is 0 Å². The van der Waals surface area contributed by atoms with Crippen molar-refractivity contribution in [2.45, 2.75) is 173 Å². The zero-order chi connectivity index (χ0) is 71.3. The standard InChI is InChI=1S/C70H97N13O13S/c1-41(2)35-56(70(96)97-34-32-74-44(7)84)80-61(87)51(25-17-31-71)75-67(93)59(42(3)4)81-64(90)54(39-48-27-29-49(85)30-28-48)79-68(94)60(43(5)6)82-65(91)55(40-58(73)86)77-62(88)52(37-46-21-13-9-14-22-46)76-63(89)53(38-47-23-15-10-16-24-47)78-66(92)57-26-18-33-83(57)69(95)50(72)36-45-19-11-8-12-20-45/h8-16,19-24,27-30,41-43,50-57,59-60,85H,17-18,25-26,31-40,71-72H2,1-7H3,(H2,73,86)(H,74,84)(H,75,93)(H,76,89)(H,77,88)(H,78,92)(H,79,94)(H,80,87)(H,81,90)(H,82,91)/t50-,51+,52-,53+,54+,55+,56+,57+,59+,60+/m1/s1. The van der Waals surface area contributed by atoms with Crippen molar-refractivity contribution in [2.75, 3.05) is 25.4 Å². The van der Waals surface area contributed by atoms with Gasteiger partial charge in [-0.1, -0.05) is 156 Å². The second-order valence-corrected chi connectivity index (χ2v) is 26.5. The van der Waals surface area contributed by atoms with Crippen molar-refractivity contribution < 1.29 is 62.6 Å². The van der Waals surface area contributed by atoms with Crippen molar-refractivity contribution in [1.82, 2.24) is 52.8 Å². The zero-order valence-corrected chi connectivity index (χ0v) is 57.1. The minimum absolute atomic E-state index is 0.0220. The fourth-order valence-corrected chi connectivity index (χ4v) is 11.8. The van der Waals surface area contributed by atoms with Crippen LogP contribution in [-0.4, -0.2) is 166 Å². The predicted molar refractivity (Wildman–Crippen MR) is 368 cm³/mol. The van der Waals surface area contributed by atoms with Crippen molar-refractivity contribution in [2.24, 2.45) is 35.0 Å². The SMILES string of the molecule is CC(=O)NCCSC(=O)[C@H](CC(C)C)NC(=O)[C@H](CCCN)NC(=O)[C@@H](NC(=O)[C@H](Cc1ccc(O)cc1)NC(=O)[C@@H](NC(=O)[C@H](CC(N)=O)NC(=O)[C@@H](Cc1ccccc1)NC(=O)[C@H](Cc1ccccc1)NC(=O)[C@@H]1CCCN1C(=O)[C@H](N)Cc1ccccc1)C(C)C)C(C)C. The normalized spacial score (nSPS) is 15.6. The highest BCUT2D eigenvalue weighted by molar-refractivity contribution is 8.13.